The van der Waals surface area contributed by atoms with Crippen molar-refractivity contribution in [3.63, 3.8) is 0 Å². The quantitative estimate of drug-likeness (QED) is 0.464. The Hall–Kier alpha value is -4.34. The SMILES string of the molecule is Cn1nc(C(=O)NNC(=O)CCc2ncc(-c3ccc(F)cc3)o2)c2ccccc2c1=O. The zero-order valence-corrected chi connectivity index (χ0v) is 17.0. The van der Waals surface area contributed by atoms with E-state index < -0.39 is 11.8 Å². The summed E-state index contributed by atoms with van der Waals surface area (Å²) in [7, 11) is 1.45. The van der Waals surface area contributed by atoms with Gasteiger partial charge in [-0.3, -0.25) is 25.2 Å². The van der Waals surface area contributed by atoms with E-state index >= 15 is 0 Å². The van der Waals surface area contributed by atoms with Gasteiger partial charge >= 0.3 is 0 Å². The molecule has 2 amide bonds. The number of halogens is 1. The Kier molecular flexibility index (Phi) is 5.75. The van der Waals surface area contributed by atoms with Gasteiger partial charge in [0.25, 0.3) is 11.5 Å². The second kappa shape index (κ2) is 8.80. The second-order valence-electron chi connectivity index (χ2n) is 6.95. The van der Waals surface area contributed by atoms with Gasteiger partial charge in [0.2, 0.25) is 5.91 Å². The molecule has 10 heteroatoms. The first kappa shape index (κ1) is 20.9. The maximum atomic E-state index is 13.0. The molecule has 0 aliphatic heterocycles. The van der Waals surface area contributed by atoms with Gasteiger partial charge in [0.1, 0.15) is 5.82 Å². The van der Waals surface area contributed by atoms with Crippen molar-refractivity contribution in [2.24, 2.45) is 7.05 Å². The predicted molar refractivity (Wildman–Crippen MR) is 113 cm³/mol. The Balaban J connectivity index is 1.35. The number of amides is 2. The zero-order chi connectivity index (χ0) is 22.7. The Bertz CT molecular complexity index is 1360. The zero-order valence-electron chi connectivity index (χ0n) is 17.0. The van der Waals surface area contributed by atoms with Crippen molar-refractivity contribution in [3.05, 3.63) is 82.5 Å². The minimum Gasteiger partial charge on any atom is -0.441 e. The van der Waals surface area contributed by atoms with Crippen LogP contribution in [-0.4, -0.2) is 26.6 Å². The molecule has 32 heavy (non-hydrogen) atoms. The van der Waals surface area contributed by atoms with Crippen LogP contribution < -0.4 is 16.4 Å². The minimum atomic E-state index is -0.653. The van der Waals surface area contributed by atoms with Crippen molar-refractivity contribution in [1.29, 1.82) is 0 Å². The lowest BCUT2D eigenvalue weighted by molar-refractivity contribution is -0.121. The molecule has 0 saturated heterocycles. The number of hydrogen-bond donors (Lipinski definition) is 2. The molecule has 0 radical (unpaired) electrons. The number of carbonyl (C=O) groups is 2. The van der Waals surface area contributed by atoms with Gasteiger partial charge < -0.3 is 4.42 Å². The topological polar surface area (TPSA) is 119 Å². The number of benzene rings is 2. The van der Waals surface area contributed by atoms with E-state index in [0.29, 0.717) is 28.0 Å². The van der Waals surface area contributed by atoms with Gasteiger partial charge in [0, 0.05) is 30.8 Å². The van der Waals surface area contributed by atoms with Crippen molar-refractivity contribution in [1.82, 2.24) is 25.6 Å². The average molecular weight is 435 g/mol. The number of nitrogens with zero attached hydrogens (tertiary/aromatic N) is 3. The maximum Gasteiger partial charge on any atom is 0.290 e. The third kappa shape index (κ3) is 4.38. The molecule has 2 aromatic carbocycles. The number of hydrazine groups is 1. The molecule has 0 atom stereocenters. The van der Waals surface area contributed by atoms with Gasteiger partial charge in [-0.25, -0.2) is 14.1 Å². The molecule has 4 aromatic rings. The average Bonchev–Trinajstić information content (AvgIpc) is 3.28. The summed E-state index contributed by atoms with van der Waals surface area (Å²) in [4.78, 5) is 40.9. The van der Waals surface area contributed by atoms with Crippen LogP contribution in [0.1, 0.15) is 22.8 Å². The molecule has 2 N–H and O–H groups in total. The number of aromatic nitrogens is 3. The number of hydrogen-bond acceptors (Lipinski definition) is 6. The van der Waals surface area contributed by atoms with Gasteiger partial charge in [-0.2, -0.15) is 5.10 Å². The third-order valence-electron chi connectivity index (χ3n) is 4.74. The monoisotopic (exact) mass is 435 g/mol. The molecular weight excluding hydrogens is 417 g/mol. The first-order chi connectivity index (χ1) is 15.4. The summed E-state index contributed by atoms with van der Waals surface area (Å²) >= 11 is 0. The molecule has 0 fully saturated rings. The van der Waals surface area contributed by atoms with E-state index in [9.17, 15) is 18.8 Å². The van der Waals surface area contributed by atoms with Crippen LogP contribution in [0.4, 0.5) is 4.39 Å². The molecule has 162 valence electrons. The fraction of sp³-hybridized carbons (Fsp3) is 0.136. The normalized spacial score (nSPS) is 10.8. The van der Waals surface area contributed by atoms with Crippen molar-refractivity contribution in [2.45, 2.75) is 12.8 Å². The molecule has 0 saturated carbocycles. The molecule has 9 nitrogen and oxygen atoms in total. The van der Waals surface area contributed by atoms with E-state index in [1.807, 2.05) is 0 Å². The maximum absolute atomic E-state index is 13.0. The van der Waals surface area contributed by atoms with E-state index in [-0.39, 0.29) is 29.9 Å². The first-order valence-corrected chi connectivity index (χ1v) is 9.68. The van der Waals surface area contributed by atoms with Crippen LogP contribution in [0.15, 0.2) is 63.9 Å². The number of nitrogens with one attached hydrogen (secondary N) is 2. The fourth-order valence-corrected chi connectivity index (χ4v) is 3.11. The number of fused-ring (bicyclic) bond motifs is 1. The van der Waals surface area contributed by atoms with Crippen LogP contribution >= 0.6 is 0 Å². The van der Waals surface area contributed by atoms with E-state index in [1.165, 1.54) is 25.4 Å². The molecule has 0 bridgehead atoms. The molecule has 0 unspecified atom stereocenters. The van der Waals surface area contributed by atoms with Crippen LogP contribution in [-0.2, 0) is 18.3 Å². The molecule has 0 spiro atoms. The van der Waals surface area contributed by atoms with Crippen LogP contribution in [0, 0.1) is 5.82 Å². The highest BCUT2D eigenvalue weighted by Crippen LogP contribution is 2.21. The van der Waals surface area contributed by atoms with E-state index in [0.717, 1.165) is 4.68 Å². The highest BCUT2D eigenvalue weighted by Gasteiger charge is 2.16. The summed E-state index contributed by atoms with van der Waals surface area (Å²) in [5.41, 5.74) is 4.98. The van der Waals surface area contributed by atoms with Crippen LogP contribution in [0.25, 0.3) is 22.1 Å². The van der Waals surface area contributed by atoms with Crippen molar-refractivity contribution in [2.75, 3.05) is 0 Å². The summed E-state index contributed by atoms with van der Waals surface area (Å²) in [6, 6.07) is 12.4. The molecule has 4 rings (SSSR count). The molecule has 0 aliphatic carbocycles. The third-order valence-corrected chi connectivity index (χ3v) is 4.74. The summed E-state index contributed by atoms with van der Waals surface area (Å²) in [6.45, 7) is 0. The van der Waals surface area contributed by atoms with E-state index in [1.54, 1.807) is 36.4 Å². The largest absolute Gasteiger partial charge is 0.441 e. The van der Waals surface area contributed by atoms with Crippen molar-refractivity contribution >= 4 is 22.6 Å². The Morgan fingerprint density at radius 2 is 1.78 bits per heavy atom. The minimum absolute atomic E-state index is 0.00506. The molecule has 0 aliphatic rings. The highest BCUT2D eigenvalue weighted by molar-refractivity contribution is 6.05. The van der Waals surface area contributed by atoms with Crippen molar-refractivity contribution in [3.8, 4) is 11.3 Å². The Morgan fingerprint density at radius 3 is 2.53 bits per heavy atom. The second-order valence-corrected chi connectivity index (χ2v) is 6.95. The van der Waals surface area contributed by atoms with Gasteiger partial charge in [0.15, 0.2) is 17.3 Å². The smallest absolute Gasteiger partial charge is 0.290 e. The van der Waals surface area contributed by atoms with Crippen LogP contribution in [0.5, 0.6) is 0 Å². The van der Waals surface area contributed by atoms with E-state index in [4.69, 9.17) is 4.42 Å². The summed E-state index contributed by atoms with van der Waals surface area (Å²) < 4.78 is 19.7. The van der Waals surface area contributed by atoms with Crippen molar-refractivity contribution < 1.29 is 18.4 Å². The number of aryl methyl sites for hydroxylation is 2. The lowest BCUT2D eigenvalue weighted by Crippen LogP contribution is -2.42. The van der Waals surface area contributed by atoms with Gasteiger partial charge in [0.05, 0.1) is 11.6 Å². The Labute approximate surface area is 180 Å². The fourth-order valence-electron chi connectivity index (χ4n) is 3.11. The van der Waals surface area contributed by atoms with Crippen LogP contribution in [0.2, 0.25) is 0 Å². The number of rotatable bonds is 5. The predicted octanol–water partition coefficient (Wildman–Crippen LogP) is 2.12. The highest BCUT2D eigenvalue weighted by atomic mass is 19.1. The molecule has 2 aromatic heterocycles. The first-order valence-electron chi connectivity index (χ1n) is 9.68. The summed E-state index contributed by atoms with van der Waals surface area (Å²) in [5.74, 6) is -0.681. The van der Waals surface area contributed by atoms with Gasteiger partial charge in [-0.1, -0.05) is 18.2 Å². The van der Waals surface area contributed by atoms with Gasteiger partial charge in [-0.05, 0) is 30.3 Å². The summed E-state index contributed by atoms with van der Waals surface area (Å²) in [6.07, 6.45) is 1.70. The number of carbonyl (C=O) groups excluding carboxylic acids is 2. The van der Waals surface area contributed by atoms with E-state index in [2.05, 4.69) is 20.9 Å². The number of oxazole rings is 1. The Morgan fingerprint density at radius 1 is 1.06 bits per heavy atom. The standard InChI is InChI=1S/C22H18FN5O4/c1-28-22(31)16-5-3-2-4-15(16)20(27-28)21(30)26-25-18(29)10-11-19-24-12-17(32-19)13-6-8-14(23)9-7-13/h2-9,12H,10-11H2,1H3,(H,25,29)(H,26,30). The summed E-state index contributed by atoms with van der Waals surface area (Å²) in [5, 5.41) is 4.74. The molecule has 2 heterocycles. The lowest BCUT2D eigenvalue weighted by Gasteiger charge is -2.09. The lowest BCUT2D eigenvalue weighted by atomic mass is 10.1. The molecular formula is C22H18FN5O4. The van der Waals surface area contributed by atoms with Crippen LogP contribution in [0.3, 0.4) is 0 Å². The van der Waals surface area contributed by atoms with Gasteiger partial charge in [-0.15, -0.1) is 0 Å².